The van der Waals surface area contributed by atoms with Gasteiger partial charge >= 0.3 is 17.9 Å². The molecule has 5 aliphatic rings. The molecule has 0 spiro atoms. The van der Waals surface area contributed by atoms with Crippen LogP contribution in [0.4, 0.5) is 0 Å². The smallest absolute Gasteiger partial charge is 0.417 e. The molecular weight excluding hydrogens is 480 g/mol. The van der Waals surface area contributed by atoms with E-state index in [1.807, 2.05) is 0 Å². The molecule has 0 bridgehead atoms. The van der Waals surface area contributed by atoms with E-state index in [4.69, 9.17) is 9.84 Å². The molecule has 0 amide bonds. The van der Waals surface area contributed by atoms with Crippen LogP contribution in [0.15, 0.2) is 11.6 Å². The number of aliphatic carboxylic acids is 2. The Labute approximate surface area is 228 Å². The Balaban J connectivity index is 1.53. The summed E-state index contributed by atoms with van der Waals surface area (Å²) >= 11 is 0. The molecule has 5 rings (SSSR count). The molecule has 6 nitrogen and oxygen atoms in total. The molecule has 5 aliphatic carbocycles. The minimum atomic E-state index is -1.52. The fourth-order valence-corrected chi connectivity index (χ4v) is 11.2. The molecule has 0 aromatic heterocycles. The number of carbonyl (C=O) groups excluding carboxylic acids is 1. The summed E-state index contributed by atoms with van der Waals surface area (Å²) in [6.07, 6.45) is 10.2. The number of hydrogen-bond donors (Lipinski definition) is 2. The zero-order valence-corrected chi connectivity index (χ0v) is 24.4. The van der Waals surface area contributed by atoms with Crippen molar-refractivity contribution in [2.75, 3.05) is 0 Å². The van der Waals surface area contributed by atoms with Gasteiger partial charge in [0.2, 0.25) is 0 Å². The highest BCUT2D eigenvalue weighted by atomic mass is 16.6. The molecular formula is C32H48O6. The Morgan fingerprint density at radius 3 is 2.18 bits per heavy atom. The van der Waals surface area contributed by atoms with Gasteiger partial charge in [-0.05, 0) is 104 Å². The largest absolute Gasteiger partial charge is 0.481 e. The summed E-state index contributed by atoms with van der Waals surface area (Å²) in [5, 5.41) is 19.7. The topological polar surface area (TPSA) is 101 Å². The molecule has 0 aromatic rings. The van der Waals surface area contributed by atoms with E-state index < -0.39 is 29.4 Å². The Morgan fingerprint density at radius 2 is 1.55 bits per heavy atom. The first-order valence-corrected chi connectivity index (χ1v) is 14.9. The van der Waals surface area contributed by atoms with Crippen molar-refractivity contribution in [2.45, 2.75) is 112 Å². The van der Waals surface area contributed by atoms with E-state index in [2.05, 4.69) is 54.5 Å². The molecule has 38 heavy (non-hydrogen) atoms. The first-order valence-electron chi connectivity index (χ1n) is 14.9. The molecule has 4 saturated carbocycles. The number of fused-ring (bicyclic) bond motifs is 7. The summed E-state index contributed by atoms with van der Waals surface area (Å²) in [5.41, 5.74) is 0.567. The highest BCUT2D eigenvalue weighted by Gasteiger charge is 2.69. The first-order chi connectivity index (χ1) is 17.6. The van der Waals surface area contributed by atoms with Gasteiger partial charge in [-0.3, -0.25) is 4.79 Å². The Kier molecular flexibility index (Phi) is 6.25. The summed E-state index contributed by atoms with van der Waals surface area (Å²) in [5.74, 6) is -1.50. The average molecular weight is 529 g/mol. The van der Waals surface area contributed by atoms with Gasteiger partial charge in [0.05, 0.1) is 5.41 Å². The van der Waals surface area contributed by atoms with E-state index in [0.29, 0.717) is 30.1 Å². The van der Waals surface area contributed by atoms with Gasteiger partial charge in [0.25, 0.3) is 0 Å². The molecule has 4 fully saturated rings. The summed E-state index contributed by atoms with van der Waals surface area (Å²) in [6, 6.07) is 0. The third-order valence-corrected chi connectivity index (χ3v) is 13.8. The van der Waals surface area contributed by atoms with Crippen molar-refractivity contribution in [3.05, 3.63) is 11.6 Å². The number of ether oxygens (including phenoxy) is 1. The zero-order chi connectivity index (χ0) is 28.1. The van der Waals surface area contributed by atoms with Crippen LogP contribution in [0.1, 0.15) is 106 Å². The molecule has 0 heterocycles. The number of hydrogen-bond acceptors (Lipinski definition) is 4. The Hall–Kier alpha value is -1.85. The van der Waals surface area contributed by atoms with Crippen molar-refractivity contribution in [2.24, 2.45) is 56.7 Å². The van der Waals surface area contributed by atoms with Gasteiger partial charge in [-0.1, -0.05) is 60.1 Å². The van der Waals surface area contributed by atoms with Crippen molar-refractivity contribution in [3.63, 3.8) is 0 Å². The van der Waals surface area contributed by atoms with Crippen LogP contribution in [0, 0.1) is 56.7 Å². The second-order valence-corrected chi connectivity index (χ2v) is 15.2. The van der Waals surface area contributed by atoms with Crippen LogP contribution in [-0.2, 0) is 19.1 Å². The SMILES string of the molecule is C[C@H]1[C@H](C)CC[C@]2(C(=O)O)CC[C@]3(C)C(=CC[C@@H]4[C@@]5(C)CC[C@H](OC(=O)C(=O)O)C(C)(C)[C@@H]5CC[C@]43C)[C@H]12. The lowest BCUT2D eigenvalue weighted by Gasteiger charge is -2.71. The maximum Gasteiger partial charge on any atom is 0.417 e. The monoisotopic (exact) mass is 528 g/mol. The quantitative estimate of drug-likeness (QED) is 0.234. The van der Waals surface area contributed by atoms with E-state index >= 15 is 0 Å². The van der Waals surface area contributed by atoms with Crippen LogP contribution in [0.3, 0.4) is 0 Å². The van der Waals surface area contributed by atoms with E-state index in [1.165, 1.54) is 5.57 Å². The van der Waals surface area contributed by atoms with Gasteiger partial charge in [0, 0.05) is 5.41 Å². The van der Waals surface area contributed by atoms with E-state index in [1.54, 1.807) is 0 Å². The highest BCUT2D eigenvalue weighted by Crippen LogP contribution is 2.75. The fraction of sp³-hybridized carbons (Fsp3) is 0.844. The molecule has 0 saturated heterocycles. The lowest BCUT2D eigenvalue weighted by molar-refractivity contribution is -0.215. The maximum absolute atomic E-state index is 12.9. The van der Waals surface area contributed by atoms with Crippen LogP contribution in [0.5, 0.6) is 0 Å². The van der Waals surface area contributed by atoms with Crippen LogP contribution < -0.4 is 0 Å². The molecule has 0 aliphatic heterocycles. The normalized spacial score (nSPS) is 49.3. The van der Waals surface area contributed by atoms with E-state index in [9.17, 15) is 19.5 Å². The Morgan fingerprint density at radius 1 is 0.868 bits per heavy atom. The molecule has 10 atom stereocenters. The number of esters is 1. The van der Waals surface area contributed by atoms with Crippen LogP contribution in [0.2, 0.25) is 0 Å². The summed E-state index contributed by atoms with van der Waals surface area (Å²) in [7, 11) is 0. The minimum Gasteiger partial charge on any atom is -0.481 e. The molecule has 6 heteroatoms. The van der Waals surface area contributed by atoms with Crippen molar-refractivity contribution < 1.29 is 29.3 Å². The van der Waals surface area contributed by atoms with Crippen molar-refractivity contribution in [3.8, 4) is 0 Å². The Bertz CT molecular complexity index is 1080. The van der Waals surface area contributed by atoms with E-state index in [-0.39, 0.29) is 27.6 Å². The summed E-state index contributed by atoms with van der Waals surface area (Å²) < 4.78 is 5.54. The second kappa shape index (κ2) is 8.57. The van der Waals surface area contributed by atoms with E-state index in [0.717, 1.165) is 51.4 Å². The number of carboxylic acids is 2. The number of carboxylic acid groups (broad SMARTS) is 2. The number of carbonyl (C=O) groups is 3. The van der Waals surface area contributed by atoms with Crippen LogP contribution >= 0.6 is 0 Å². The van der Waals surface area contributed by atoms with Crippen molar-refractivity contribution >= 4 is 17.9 Å². The standard InChI is InChI=1S/C32H48O6/c1-18-10-15-32(27(36)37)17-16-30(6)20(24(32)19(18)2)8-9-22-29(5)13-12-23(38-26(35)25(33)34)28(3,4)21(29)11-14-31(22,30)7/h8,18-19,21-24H,9-17H2,1-7H3,(H,33,34)(H,36,37)/t18-,19+,21+,22-,23+,24+,29+,30-,31-,32+/m1/s1. The maximum atomic E-state index is 12.9. The van der Waals surface area contributed by atoms with Crippen molar-refractivity contribution in [1.29, 1.82) is 0 Å². The lowest BCUT2D eigenvalue weighted by atomic mass is 9.33. The number of allylic oxidation sites excluding steroid dienone is 2. The van der Waals surface area contributed by atoms with Gasteiger partial charge in [-0.2, -0.15) is 0 Å². The summed E-state index contributed by atoms with van der Waals surface area (Å²) in [6.45, 7) is 16.3. The van der Waals surface area contributed by atoms with Crippen LogP contribution in [-0.4, -0.2) is 34.2 Å². The van der Waals surface area contributed by atoms with Gasteiger partial charge in [-0.25, -0.2) is 9.59 Å². The van der Waals surface area contributed by atoms with Gasteiger partial charge < -0.3 is 14.9 Å². The van der Waals surface area contributed by atoms with Gasteiger partial charge in [0.15, 0.2) is 0 Å². The molecule has 0 aromatic carbocycles. The molecule has 0 radical (unpaired) electrons. The first kappa shape index (κ1) is 27.7. The molecule has 0 unspecified atom stereocenters. The molecule has 212 valence electrons. The summed E-state index contributed by atoms with van der Waals surface area (Å²) in [4.78, 5) is 36.1. The molecule has 2 N–H and O–H groups in total. The third-order valence-electron chi connectivity index (χ3n) is 13.8. The van der Waals surface area contributed by atoms with Crippen molar-refractivity contribution in [1.82, 2.24) is 0 Å². The highest BCUT2D eigenvalue weighted by molar-refractivity contribution is 6.28. The predicted octanol–water partition coefficient (Wildman–Crippen LogP) is 6.73. The minimum absolute atomic E-state index is 0.0321. The zero-order valence-electron chi connectivity index (χ0n) is 24.4. The number of rotatable bonds is 2. The van der Waals surface area contributed by atoms with Crippen LogP contribution in [0.25, 0.3) is 0 Å². The van der Waals surface area contributed by atoms with Gasteiger partial charge in [0.1, 0.15) is 6.10 Å². The second-order valence-electron chi connectivity index (χ2n) is 15.2. The predicted molar refractivity (Wildman–Crippen MR) is 144 cm³/mol. The lowest BCUT2D eigenvalue weighted by Crippen LogP contribution is -2.65. The third kappa shape index (κ3) is 3.39. The van der Waals surface area contributed by atoms with Gasteiger partial charge in [-0.15, -0.1) is 0 Å². The fourth-order valence-electron chi connectivity index (χ4n) is 11.2. The average Bonchev–Trinajstić information content (AvgIpc) is 2.83.